The number of fused-ring (bicyclic) bond motifs is 1. The van der Waals surface area contributed by atoms with Crippen molar-refractivity contribution < 1.29 is 5.11 Å². The fourth-order valence-electron chi connectivity index (χ4n) is 4.13. The standard InChI is InChI=1S/C20H32O/c1-15-8-6-9-16(2)17-14-20(5,18(17)11-10-15)13-7-12-19(3,4)21/h7-8,12,17-18,21H,2,6,9-11,13-14H2,1,3-5H3/b12-7+,15-8+/t17-,18-,20-/m1/s1. The molecule has 2 rings (SSSR count). The summed E-state index contributed by atoms with van der Waals surface area (Å²) in [4.78, 5) is 0. The lowest BCUT2D eigenvalue weighted by Crippen LogP contribution is -2.46. The first-order chi connectivity index (χ1) is 9.71. The van der Waals surface area contributed by atoms with Crippen LogP contribution in [0.4, 0.5) is 0 Å². The second kappa shape index (κ2) is 6.12. The molecule has 0 amide bonds. The summed E-state index contributed by atoms with van der Waals surface area (Å²) in [5, 5.41) is 9.83. The molecule has 0 unspecified atom stereocenters. The molecule has 0 aromatic heterocycles. The van der Waals surface area contributed by atoms with Crippen LogP contribution in [0.1, 0.15) is 66.2 Å². The van der Waals surface area contributed by atoms with E-state index in [1.54, 1.807) is 5.57 Å². The van der Waals surface area contributed by atoms with E-state index in [4.69, 9.17) is 0 Å². The van der Waals surface area contributed by atoms with Gasteiger partial charge in [0, 0.05) is 0 Å². The number of aliphatic hydroxyl groups is 1. The Labute approximate surface area is 130 Å². The number of hydrogen-bond donors (Lipinski definition) is 1. The molecule has 0 spiro atoms. The number of allylic oxidation sites excluding steroid dienone is 4. The second-order valence-electron chi connectivity index (χ2n) is 8.12. The zero-order valence-electron chi connectivity index (χ0n) is 14.3. The molecule has 2 aliphatic carbocycles. The minimum atomic E-state index is -0.694. The van der Waals surface area contributed by atoms with Crippen molar-refractivity contribution in [1.82, 2.24) is 0 Å². The smallest absolute Gasteiger partial charge is 0.0771 e. The van der Waals surface area contributed by atoms with Gasteiger partial charge in [-0.1, -0.05) is 42.9 Å². The van der Waals surface area contributed by atoms with Crippen molar-refractivity contribution in [2.24, 2.45) is 17.3 Å². The maximum atomic E-state index is 9.83. The average molecular weight is 288 g/mol. The lowest BCUT2D eigenvalue weighted by Gasteiger charge is -2.55. The molecule has 1 fully saturated rings. The summed E-state index contributed by atoms with van der Waals surface area (Å²) < 4.78 is 0. The summed E-state index contributed by atoms with van der Waals surface area (Å²) in [6.45, 7) is 12.7. The van der Waals surface area contributed by atoms with Gasteiger partial charge in [0.1, 0.15) is 0 Å². The molecule has 0 aromatic carbocycles. The van der Waals surface area contributed by atoms with E-state index < -0.39 is 5.60 Å². The Kier molecular flexibility index (Phi) is 4.82. The van der Waals surface area contributed by atoms with Crippen molar-refractivity contribution in [2.45, 2.75) is 71.8 Å². The lowest BCUT2D eigenvalue weighted by molar-refractivity contribution is -0.0114. The van der Waals surface area contributed by atoms with E-state index in [1.807, 2.05) is 19.9 Å². The second-order valence-corrected chi connectivity index (χ2v) is 8.12. The van der Waals surface area contributed by atoms with E-state index in [0.29, 0.717) is 5.41 Å². The van der Waals surface area contributed by atoms with Gasteiger partial charge in [0.25, 0.3) is 0 Å². The third-order valence-corrected chi connectivity index (χ3v) is 5.51. The van der Waals surface area contributed by atoms with Crippen LogP contribution in [0.2, 0.25) is 0 Å². The predicted molar refractivity (Wildman–Crippen MR) is 91.1 cm³/mol. The first-order valence-electron chi connectivity index (χ1n) is 8.45. The van der Waals surface area contributed by atoms with Gasteiger partial charge < -0.3 is 5.11 Å². The molecule has 118 valence electrons. The molecular weight excluding hydrogens is 256 g/mol. The van der Waals surface area contributed by atoms with E-state index in [2.05, 4.69) is 32.6 Å². The molecule has 1 nitrogen and oxygen atoms in total. The third-order valence-electron chi connectivity index (χ3n) is 5.51. The summed E-state index contributed by atoms with van der Waals surface area (Å²) >= 11 is 0. The molecule has 0 aliphatic heterocycles. The summed E-state index contributed by atoms with van der Waals surface area (Å²) in [7, 11) is 0. The van der Waals surface area contributed by atoms with Crippen LogP contribution in [0.3, 0.4) is 0 Å². The Balaban J connectivity index is 2.05. The maximum absolute atomic E-state index is 9.83. The van der Waals surface area contributed by atoms with Crippen LogP contribution < -0.4 is 0 Å². The Morgan fingerprint density at radius 2 is 2.14 bits per heavy atom. The monoisotopic (exact) mass is 288 g/mol. The van der Waals surface area contributed by atoms with E-state index in [0.717, 1.165) is 24.7 Å². The lowest BCUT2D eigenvalue weighted by atomic mass is 9.50. The van der Waals surface area contributed by atoms with Crippen molar-refractivity contribution in [3.63, 3.8) is 0 Å². The van der Waals surface area contributed by atoms with Gasteiger partial charge in [0.2, 0.25) is 0 Å². The topological polar surface area (TPSA) is 20.2 Å². The number of rotatable bonds is 3. The van der Waals surface area contributed by atoms with E-state index in [9.17, 15) is 5.11 Å². The quantitative estimate of drug-likeness (QED) is 0.687. The molecule has 3 atom stereocenters. The first-order valence-corrected chi connectivity index (χ1v) is 8.45. The summed E-state index contributed by atoms with van der Waals surface area (Å²) in [6.07, 6.45) is 13.7. The van der Waals surface area contributed by atoms with Crippen LogP contribution in [0.15, 0.2) is 36.0 Å². The summed E-state index contributed by atoms with van der Waals surface area (Å²) in [5.41, 5.74) is 2.71. The van der Waals surface area contributed by atoms with E-state index in [-0.39, 0.29) is 0 Å². The highest BCUT2D eigenvalue weighted by molar-refractivity contribution is 5.18. The zero-order chi connectivity index (χ0) is 15.7. The van der Waals surface area contributed by atoms with Crippen LogP contribution in [0, 0.1) is 17.3 Å². The average Bonchev–Trinajstić information content (AvgIpc) is 2.38. The maximum Gasteiger partial charge on any atom is 0.0771 e. The SMILES string of the molecule is C=C1CC/C=C(\C)CC[C@@H]2[C@@H]1C[C@@]2(C)C/C=C/C(C)(C)O. The Bertz CT molecular complexity index is 449. The van der Waals surface area contributed by atoms with Crippen LogP contribution in [-0.2, 0) is 0 Å². The van der Waals surface area contributed by atoms with Crippen molar-refractivity contribution in [3.8, 4) is 0 Å². The van der Waals surface area contributed by atoms with Crippen LogP contribution >= 0.6 is 0 Å². The predicted octanol–water partition coefficient (Wildman–Crippen LogP) is 5.42. The Morgan fingerprint density at radius 3 is 2.81 bits per heavy atom. The highest BCUT2D eigenvalue weighted by Crippen LogP contribution is 2.58. The molecule has 0 heterocycles. The Hall–Kier alpha value is -0.820. The molecule has 0 aromatic rings. The normalized spacial score (nSPS) is 37.0. The third kappa shape index (κ3) is 4.10. The highest BCUT2D eigenvalue weighted by atomic mass is 16.3. The molecule has 21 heavy (non-hydrogen) atoms. The zero-order valence-corrected chi connectivity index (χ0v) is 14.3. The summed E-state index contributed by atoms with van der Waals surface area (Å²) in [6, 6.07) is 0. The van der Waals surface area contributed by atoms with Crippen molar-refractivity contribution in [1.29, 1.82) is 0 Å². The molecule has 0 saturated heterocycles. The van der Waals surface area contributed by atoms with E-state index in [1.165, 1.54) is 31.3 Å². The number of hydrogen-bond acceptors (Lipinski definition) is 1. The molecule has 0 bridgehead atoms. The van der Waals surface area contributed by atoms with Crippen molar-refractivity contribution >= 4 is 0 Å². The van der Waals surface area contributed by atoms with E-state index >= 15 is 0 Å². The molecule has 1 heteroatoms. The Morgan fingerprint density at radius 1 is 1.43 bits per heavy atom. The molecule has 2 aliphatic rings. The largest absolute Gasteiger partial charge is 0.386 e. The molecule has 1 N–H and O–H groups in total. The van der Waals surface area contributed by atoms with Gasteiger partial charge in [-0.2, -0.15) is 0 Å². The van der Waals surface area contributed by atoms with Gasteiger partial charge >= 0.3 is 0 Å². The van der Waals surface area contributed by atoms with Crippen molar-refractivity contribution in [2.75, 3.05) is 0 Å². The minimum absolute atomic E-state index is 0.389. The highest BCUT2D eigenvalue weighted by Gasteiger charge is 2.49. The fourth-order valence-corrected chi connectivity index (χ4v) is 4.13. The molecular formula is C20H32O. The molecule has 1 saturated carbocycles. The van der Waals surface area contributed by atoms with Gasteiger partial charge in [-0.15, -0.1) is 0 Å². The fraction of sp³-hybridized carbons (Fsp3) is 0.700. The van der Waals surface area contributed by atoms with Gasteiger partial charge in [-0.25, -0.2) is 0 Å². The van der Waals surface area contributed by atoms with Gasteiger partial charge in [-0.05, 0) is 76.5 Å². The van der Waals surface area contributed by atoms with Gasteiger partial charge in [-0.3, -0.25) is 0 Å². The van der Waals surface area contributed by atoms with Crippen LogP contribution in [-0.4, -0.2) is 10.7 Å². The first kappa shape index (κ1) is 16.5. The molecule has 0 radical (unpaired) electrons. The summed E-state index contributed by atoms with van der Waals surface area (Å²) in [5.74, 6) is 1.49. The van der Waals surface area contributed by atoms with Crippen molar-refractivity contribution in [3.05, 3.63) is 36.0 Å². The van der Waals surface area contributed by atoms with Crippen LogP contribution in [0.5, 0.6) is 0 Å². The minimum Gasteiger partial charge on any atom is -0.386 e. The van der Waals surface area contributed by atoms with Gasteiger partial charge in [0.05, 0.1) is 5.60 Å². The van der Waals surface area contributed by atoms with Gasteiger partial charge in [0.15, 0.2) is 0 Å². The van der Waals surface area contributed by atoms with Crippen LogP contribution in [0.25, 0.3) is 0 Å².